The molecule has 2 aliphatic rings. The third kappa shape index (κ3) is 1.71. The Bertz CT molecular complexity index is 350. The van der Waals surface area contributed by atoms with E-state index in [0.717, 1.165) is 31.5 Å². The van der Waals surface area contributed by atoms with Crippen LogP contribution in [-0.2, 0) is 11.2 Å². The van der Waals surface area contributed by atoms with Crippen LogP contribution in [0, 0.1) is 11.8 Å². The highest BCUT2D eigenvalue weighted by molar-refractivity contribution is 5.50. The fourth-order valence-corrected chi connectivity index (χ4v) is 2.49. The van der Waals surface area contributed by atoms with Crippen LogP contribution in [0.25, 0.3) is 0 Å². The number of anilines is 1. The van der Waals surface area contributed by atoms with Crippen molar-refractivity contribution >= 4 is 5.69 Å². The number of rotatable bonds is 3. The van der Waals surface area contributed by atoms with Crippen molar-refractivity contribution in [3.05, 3.63) is 29.8 Å². The van der Waals surface area contributed by atoms with Crippen molar-refractivity contribution in [2.75, 3.05) is 31.2 Å². The minimum Gasteiger partial charge on any atom is -0.381 e. The molecule has 0 N–H and O–H groups in total. The maximum absolute atomic E-state index is 5.24. The van der Waals surface area contributed by atoms with Crippen LogP contribution < -0.4 is 4.90 Å². The molecular formula is C14H19NO. The van der Waals surface area contributed by atoms with Gasteiger partial charge in [-0.2, -0.15) is 0 Å². The standard InChI is InChI=1S/C14H19NO/c1-2-11-3-5-14(6-4-11)15-7-12(8-15)13-9-16-10-13/h3-6,12-13H,2,7-10H2,1H3. The first-order valence-electron chi connectivity index (χ1n) is 6.28. The van der Waals surface area contributed by atoms with Crippen LogP contribution in [-0.4, -0.2) is 26.3 Å². The molecule has 3 rings (SSSR count). The minimum absolute atomic E-state index is 0.839. The summed E-state index contributed by atoms with van der Waals surface area (Å²) < 4.78 is 5.24. The number of hydrogen-bond acceptors (Lipinski definition) is 2. The Morgan fingerprint density at radius 1 is 1.12 bits per heavy atom. The van der Waals surface area contributed by atoms with E-state index in [-0.39, 0.29) is 0 Å². The first kappa shape index (κ1) is 10.2. The lowest BCUT2D eigenvalue weighted by Gasteiger charge is -2.47. The van der Waals surface area contributed by atoms with Gasteiger partial charge in [-0.25, -0.2) is 0 Å². The van der Waals surface area contributed by atoms with E-state index < -0.39 is 0 Å². The van der Waals surface area contributed by atoms with Crippen molar-refractivity contribution in [2.24, 2.45) is 11.8 Å². The second kappa shape index (κ2) is 4.10. The third-order valence-electron chi connectivity index (χ3n) is 3.95. The Morgan fingerprint density at radius 2 is 1.81 bits per heavy atom. The molecule has 0 unspecified atom stereocenters. The monoisotopic (exact) mass is 217 g/mol. The summed E-state index contributed by atoms with van der Waals surface area (Å²) in [7, 11) is 0. The fraction of sp³-hybridized carbons (Fsp3) is 0.571. The van der Waals surface area contributed by atoms with Crippen molar-refractivity contribution in [3.63, 3.8) is 0 Å². The highest BCUT2D eigenvalue weighted by atomic mass is 16.5. The molecule has 0 amide bonds. The van der Waals surface area contributed by atoms with E-state index in [1.165, 1.54) is 24.3 Å². The normalized spacial score (nSPS) is 21.7. The molecule has 0 saturated carbocycles. The van der Waals surface area contributed by atoms with E-state index in [2.05, 4.69) is 36.1 Å². The molecule has 2 fully saturated rings. The number of hydrogen-bond donors (Lipinski definition) is 0. The zero-order chi connectivity index (χ0) is 11.0. The SMILES string of the molecule is CCc1ccc(N2CC(C3COC3)C2)cc1. The van der Waals surface area contributed by atoms with Gasteiger partial charge in [0.15, 0.2) is 0 Å². The topological polar surface area (TPSA) is 12.5 Å². The summed E-state index contributed by atoms with van der Waals surface area (Å²) in [5, 5.41) is 0. The van der Waals surface area contributed by atoms with Crippen molar-refractivity contribution in [1.29, 1.82) is 0 Å². The predicted molar refractivity (Wildman–Crippen MR) is 65.8 cm³/mol. The smallest absolute Gasteiger partial charge is 0.0520 e. The minimum atomic E-state index is 0.839. The summed E-state index contributed by atoms with van der Waals surface area (Å²) in [6.07, 6.45) is 1.13. The van der Waals surface area contributed by atoms with E-state index in [0.29, 0.717) is 0 Å². The summed E-state index contributed by atoms with van der Waals surface area (Å²) in [5.74, 6) is 1.71. The lowest BCUT2D eigenvalue weighted by molar-refractivity contribution is -0.0659. The molecule has 1 aromatic rings. The second-order valence-electron chi connectivity index (χ2n) is 4.98. The van der Waals surface area contributed by atoms with Gasteiger partial charge in [-0.1, -0.05) is 19.1 Å². The molecule has 0 radical (unpaired) electrons. The van der Waals surface area contributed by atoms with Gasteiger partial charge in [-0.3, -0.25) is 0 Å². The van der Waals surface area contributed by atoms with Gasteiger partial charge in [0, 0.05) is 30.6 Å². The van der Waals surface area contributed by atoms with Crippen LogP contribution in [0.5, 0.6) is 0 Å². The van der Waals surface area contributed by atoms with Gasteiger partial charge in [-0.15, -0.1) is 0 Å². The Labute approximate surface area is 97.2 Å². The van der Waals surface area contributed by atoms with Gasteiger partial charge in [0.25, 0.3) is 0 Å². The number of nitrogens with zero attached hydrogens (tertiary/aromatic N) is 1. The molecule has 0 spiro atoms. The third-order valence-corrected chi connectivity index (χ3v) is 3.95. The van der Waals surface area contributed by atoms with Crippen LogP contribution in [0.15, 0.2) is 24.3 Å². The quantitative estimate of drug-likeness (QED) is 0.770. The summed E-state index contributed by atoms with van der Waals surface area (Å²) in [5.41, 5.74) is 2.81. The molecule has 0 atom stereocenters. The number of ether oxygens (including phenoxy) is 1. The molecule has 16 heavy (non-hydrogen) atoms. The average molecular weight is 217 g/mol. The molecule has 0 aliphatic carbocycles. The van der Waals surface area contributed by atoms with Crippen LogP contribution >= 0.6 is 0 Å². The van der Waals surface area contributed by atoms with E-state index in [4.69, 9.17) is 4.74 Å². The van der Waals surface area contributed by atoms with E-state index in [9.17, 15) is 0 Å². The van der Waals surface area contributed by atoms with E-state index in [1.54, 1.807) is 0 Å². The lowest BCUT2D eigenvalue weighted by atomic mass is 9.84. The second-order valence-corrected chi connectivity index (χ2v) is 4.98. The highest BCUT2D eigenvalue weighted by Gasteiger charge is 2.37. The summed E-state index contributed by atoms with van der Waals surface area (Å²) in [6.45, 7) is 6.63. The van der Waals surface area contributed by atoms with Crippen LogP contribution in [0.1, 0.15) is 12.5 Å². The van der Waals surface area contributed by atoms with E-state index in [1.807, 2.05) is 0 Å². The molecule has 2 aliphatic heterocycles. The van der Waals surface area contributed by atoms with Crippen molar-refractivity contribution in [3.8, 4) is 0 Å². The van der Waals surface area contributed by atoms with Crippen molar-refractivity contribution < 1.29 is 4.74 Å². The molecular weight excluding hydrogens is 198 g/mol. The van der Waals surface area contributed by atoms with Crippen LogP contribution in [0.2, 0.25) is 0 Å². The van der Waals surface area contributed by atoms with E-state index >= 15 is 0 Å². The Hall–Kier alpha value is -1.02. The van der Waals surface area contributed by atoms with Gasteiger partial charge in [0.2, 0.25) is 0 Å². The molecule has 1 aromatic carbocycles. The van der Waals surface area contributed by atoms with Gasteiger partial charge >= 0.3 is 0 Å². The van der Waals surface area contributed by atoms with Gasteiger partial charge in [0.05, 0.1) is 13.2 Å². The molecule has 2 heteroatoms. The molecule has 2 nitrogen and oxygen atoms in total. The van der Waals surface area contributed by atoms with Crippen molar-refractivity contribution in [1.82, 2.24) is 0 Å². The van der Waals surface area contributed by atoms with Gasteiger partial charge < -0.3 is 9.64 Å². The van der Waals surface area contributed by atoms with Crippen LogP contribution in [0.4, 0.5) is 5.69 Å². The zero-order valence-electron chi connectivity index (χ0n) is 9.86. The molecule has 0 aromatic heterocycles. The summed E-state index contributed by atoms with van der Waals surface area (Å²) in [4.78, 5) is 2.47. The Morgan fingerprint density at radius 3 is 2.31 bits per heavy atom. The maximum Gasteiger partial charge on any atom is 0.0520 e. The van der Waals surface area contributed by atoms with Gasteiger partial charge in [0.1, 0.15) is 0 Å². The molecule has 86 valence electrons. The van der Waals surface area contributed by atoms with Gasteiger partial charge in [-0.05, 0) is 24.1 Å². The lowest BCUT2D eigenvalue weighted by Crippen LogP contribution is -2.54. The first-order chi connectivity index (χ1) is 7.86. The predicted octanol–water partition coefficient (Wildman–Crippen LogP) is 2.33. The zero-order valence-corrected chi connectivity index (χ0v) is 9.86. The van der Waals surface area contributed by atoms with Crippen molar-refractivity contribution in [2.45, 2.75) is 13.3 Å². The number of benzene rings is 1. The summed E-state index contributed by atoms with van der Waals surface area (Å²) in [6, 6.07) is 9.00. The first-order valence-corrected chi connectivity index (χ1v) is 6.28. The largest absolute Gasteiger partial charge is 0.381 e. The number of aryl methyl sites for hydroxylation is 1. The van der Waals surface area contributed by atoms with Crippen LogP contribution in [0.3, 0.4) is 0 Å². The Kier molecular flexibility index (Phi) is 2.60. The summed E-state index contributed by atoms with van der Waals surface area (Å²) >= 11 is 0. The fourth-order valence-electron chi connectivity index (χ4n) is 2.49. The Balaban J connectivity index is 1.58. The maximum atomic E-state index is 5.24. The highest BCUT2D eigenvalue weighted by Crippen LogP contribution is 2.32. The molecule has 2 heterocycles. The molecule has 0 bridgehead atoms. The average Bonchev–Trinajstić information content (AvgIpc) is 2.20. The molecule has 2 saturated heterocycles.